The van der Waals surface area contributed by atoms with Crippen LogP contribution in [0.25, 0.3) is 0 Å². The molecular weight excluding hydrogens is 437 g/mol. The van der Waals surface area contributed by atoms with E-state index in [4.69, 9.17) is 5.26 Å². The summed E-state index contributed by atoms with van der Waals surface area (Å²) in [6.45, 7) is -0.206. The van der Waals surface area contributed by atoms with Gasteiger partial charge >= 0.3 is 12.2 Å². The van der Waals surface area contributed by atoms with E-state index in [0.717, 1.165) is 17.0 Å². The fourth-order valence-corrected chi connectivity index (χ4v) is 4.28. The van der Waals surface area contributed by atoms with Crippen LogP contribution in [-0.4, -0.2) is 35.5 Å². The summed E-state index contributed by atoms with van der Waals surface area (Å²) in [5.41, 5.74) is 0.747. The molecule has 0 fully saturated rings. The molecule has 2 aliphatic rings. The van der Waals surface area contributed by atoms with Crippen LogP contribution in [0.5, 0.6) is 0 Å². The summed E-state index contributed by atoms with van der Waals surface area (Å²) < 4.78 is 39.9. The molecule has 0 saturated heterocycles. The number of carbonyl (C=O) groups excluding carboxylic acids is 2. The van der Waals surface area contributed by atoms with Gasteiger partial charge in [0.15, 0.2) is 0 Å². The van der Waals surface area contributed by atoms with Crippen LogP contribution in [-0.2, 0) is 17.6 Å². The molecule has 0 aromatic heterocycles. The molecule has 1 atom stereocenters. The largest absolute Gasteiger partial charge is 0.416 e. The van der Waals surface area contributed by atoms with E-state index >= 15 is 0 Å². The topological polar surface area (TPSA) is 96.7 Å². The number of likely N-dealkylation sites (N-methyl/N-ethyl adjacent to an activating group) is 1. The second-order valence-corrected chi connectivity index (χ2v) is 7.73. The summed E-state index contributed by atoms with van der Waals surface area (Å²) >= 11 is 0. The Labute approximate surface area is 187 Å². The van der Waals surface area contributed by atoms with Crippen molar-refractivity contribution in [2.24, 2.45) is 0 Å². The van der Waals surface area contributed by atoms with Gasteiger partial charge in [0, 0.05) is 25.7 Å². The molecule has 2 aromatic rings. The highest BCUT2D eigenvalue weighted by atomic mass is 19.4. The second-order valence-electron chi connectivity index (χ2n) is 7.73. The van der Waals surface area contributed by atoms with Crippen LogP contribution < -0.4 is 10.2 Å². The third-order valence-corrected chi connectivity index (χ3v) is 5.80. The van der Waals surface area contributed by atoms with Crippen molar-refractivity contribution in [2.75, 3.05) is 18.5 Å². The average molecular weight is 456 g/mol. The van der Waals surface area contributed by atoms with Crippen LogP contribution in [0.2, 0.25) is 0 Å². The second kappa shape index (κ2) is 8.26. The highest BCUT2D eigenvalue weighted by Crippen LogP contribution is 2.43. The lowest BCUT2D eigenvalue weighted by atomic mass is 9.87. The Bertz CT molecular complexity index is 1220. The van der Waals surface area contributed by atoms with Gasteiger partial charge in [0.2, 0.25) is 0 Å². The van der Waals surface area contributed by atoms with Crippen molar-refractivity contribution in [3.8, 4) is 6.07 Å². The Morgan fingerprint density at radius 1 is 1.21 bits per heavy atom. The molecule has 0 saturated carbocycles. The molecule has 0 spiro atoms. The normalized spacial score (nSPS) is 18.7. The van der Waals surface area contributed by atoms with Gasteiger partial charge in [-0.15, -0.1) is 0 Å². The van der Waals surface area contributed by atoms with Gasteiger partial charge in [-0.05, 0) is 41.5 Å². The molecule has 10 heteroatoms. The van der Waals surface area contributed by atoms with Crippen LogP contribution in [0.15, 0.2) is 53.7 Å². The third-order valence-electron chi connectivity index (χ3n) is 5.80. The lowest BCUT2D eigenvalue weighted by Gasteiger charge is -2.44. The standard InChI is InChI=1S/C23H19F3N4O3/c1-29-20(17-6-5-13(11-27)9-14(17)12-31)19-18(7-8-28-21(19)32)30(22(29)33)16-4-2-3-15(10-16)23(24,25)26/h2-6,9-10,20,31H,7-8,12H2,1H3,(H,28,32). The maximum absolute atomic E-state index is 13.4. The lowest BCUT2D eigenvalue weighted by Crippen LogP contribution is -2.53. The van der Waals surface area contributed by atoms with E-state index < -0.39 is 36.3 Å². The van der Waals surface area contributed by atoms with Gasteiger partial charge in [0.05, 0.1) is 41.1 Å². The van der Waals surface area contributed by atoms with Gasteiger partial charge < -0.3 is 15.3 Å². The van der Waals surface area contributed by atoms with E-state index in [1.807, 2.05) is 6.07 Å². The first kappa shape index (κ1) is 22.4. The molecule has 1 unspecified atom stereocenters. The Hall–Kier alpha value is -3.84. The minimum Gasteiger partial charge on any atom is -0.392 e. The number of halogens is 3. The Kier molecular flexibility index (Phi) is 5.59. The highest BCUT2D eigenvalue weighted by molar-refractivity contribution is 6.05. The van der Waals surface area contributed by atoms with E-state index in [-0.39, 0.29) is 24.2 Å². The minimum atomic E-state index is -4.59. The molecule has 2 heterocycles. The number of nitrogens with zero attached hydrogens (tertiary/aromatic N) is 3. The first-order chi connectivity index (χ1) is 15.7. The van der Waals surface area contributed by atoms with E-state index in [0.29, 0.717) is 22.4 Å². The predicted octanol–water partition coefficient (Wildman–Crippen LogP) is 3.46. The monoisotopic (exact) mass is 456 g/mol. The highest BCUT2D eigenvalue weighted by Gasteiger charge is 2.44. The van der Waals surface area contributed by atoms with Crippen molar-refractivity contribution in [1.29, 1.82) is 5.26 Å². The molecule has 2 N–H and O–H groups in total. The first-order valence-corrected chi connectivity index (χ1v) is 10.1. The number of carbonyl (C=O) groups is 2. The number of hydrogen-bond donors (Lipinski definition) is 2. The van der Waals surface area contributed by atoms with Gasteiger partial charge in [-0.1, -0.05) is 12.1 Å². The molecule has 0 bridgehead atoms. The van der Waals surface area contributed by atoms with Crippen molar-refractivity contribution in [1.82, 2.24) is 10.2 Å². The third kappa shape index (κ3) is 3.81. The van der Waals surface area contributed by atoms with Gasteiger partial charge in [-0.25, -0.2) is 4.79 Å². The molecule has 0 radical (unpaired) electrons. The summed E-state index contributed by atoms with van der Waals surface area (Å²) in [6, 6.07) is 9.46. The number of urea groups is 1. The molecule has 7 nitrogen and oxygen atoms in total. The molecule has 170 valence electrons. The molecule has 33 heavy (non-hydrogen) atoms. The maximum atomic E-state index is 13.4. The van der Waals surface area contributed by atoms with Gasteiger partial charge in [-0.2, -0.15) is 18.4 Å². The first-order valence-electron chi connectivity index (χ1n) is 10.1. The molecule has 3 amide bonds. The van der Waals surface area contributed by atoms with Crippen LogP contribution in [0, 0.1) is 11.3 Å². The fourth-order valence-electron chi connectivity index (χ4n) is 4.28. The number of anilines is 1. The number of alkyl halides is 3. The number of rotatable bonds is 3. The van der Waals surface area contributed by atoms with Crippen molar-refractivity contribution in [3.63, 3.8) is 0 Å². The Balaban J connectivity index is 1.92. The summed E-state index contributed by atoms with van der Waals surface area (Å²) in [6.07, 6.45) is -4.36. The van der Waals surface area contributed by atoms with Crippen LogP contribution in [0.1, 0.15) is 34.7 Å². The number of nitrogens with one attached hydrogen (secondary N) is 1. The molecule has 4 rings (SSSR count). The summed E-state index contributed by atoms with van der Waals surface area (Å²) in [5.74, 6) is -0.453. The van der Waals surface area contributed by atoms with E-state index in [2.05, 4.69) is 5.32 Å². The van der Waals surface area contributed by atoms with E-state index in [9.17, 15) is 27.9 Å². The average Bonchev–Trinajstić information content (AvgIpc) is 2.80. The summed E-state index contributed by atoms with van der Waals surface area (Å²) in [7, 11) is 1.44. The molecular formula is C23H19F3N4O3. The van der Waals surface area contributed by atoms with E-state index in [1.165, 1.54) is 36.2 Å². The molecule has 2 aromatic carbocycles. The minimum absolute atomic E-state index is 0.00420. The number of aliphatic hydroxyl groups is 1. The number of aliphatic hydroxyl groups excluding tert-OH is 1. The number of hydrogen-bond acceptors (Lipinski definition) is 4. The number of benzene rings is 2. The van der Waals surface area contributed by atoms with Crippen molar-refractivity contribution in [2.45, 2.75) is 25.2 Å². The van der Waals surface area contributed by atoms with Gasteiger partial charge in [-0.3, -0.25) is 9.69 Å². The van der Waals surface area contributed by atoms with Crippen LogP contribution >= 0.6 is 0 Å². The summed E-state index contributed by atoms with van der Waals surface area (Å²) in [5, 5.41) is 21.8. The van der Waals surface area contributed by atoms with Crippen molar-refractivity contribution >= 4 is 17.6 Å². The SMILES string of the molecule is CN1C(=O)N(c2cccc(C(F)(F)F)c2)C2=C(C(=O)NCC2)C1c1ccc(C#N)cc1CO. The van der Waals surface area contributed by atoms with Crippen LogP contribution in [0.3, 0.4) is 0 Å². The predicted molar refractivity (Wildman–Crippen MR) is 112 cm³/mol. The Morgan fingerprint density at radius 2 is 1.97 bits per heavy atom. The zero-order chi connectivity index (χ0) is 23.9. The molecule has 0 aliphatic carbocycles. The quantitative estimate of drug-likeness (QED) is 0.740. The number of nitriles is 1. The van der Waals surface area contributed by atoms with Crippen molar-refractivity contribution in [3.05, 3.63) is 76.0 Å². The van der Waals surface area contributed by atoms with E-state index in [1.54, 1.807) is 6.07 Å². The Morgan fingerprint density at radius 3 is 2.64 bits per heavy atom. The zero-order valence-corrected chi connectivity index (χ0v) is 17.5. The zero-order valence-electron chi connectivity index (χ0n) is 17.5. The maximum Gasteiger partial charge on any atom is 0.416 e. The number of amides is 3. The smallest absolute Gasteiger partial charge is 0.392 e. The molecule has 2 aliphatic heterocycles. The van der Waals surface area contributed by atoms with Gasteiger partial charge in [0.25, 0.3) is 5.91 Å². The summed E-state index contributed by atoms with van der Waals surface area (Å²) in [4.78, 5) is 28.8. The van der Waals surface area contributed by atoms with Crippen molar-refractivity contribution < 1.29 is 27.9 Å². The van der Waals surface area contributed by atoms with Crippen LogP contribution in [0.4, 0.5) is 23.7 Å². The van der Waals surface area contributed by atoms with Gasteiger partial charge in [0.1, 0.15) is 0 Å². The fraction of sp³-hybridized carbons (Fsp3) is 0.261. The lowest BCUT2D eigenvalue weighted by molar-refractivity contribution is -0.137.